The van der Waals surface area contributed by atoms with Crippen molar-refractivity contribution < 1.29 is 14.6 Å². The van der Waals surface area contributed by atoms with E-state index in [9.17, 15) is 4.79 Å². The van der Waals surface area contributed by atoms with E-state index in [-0.39, 0.29) is 18.6 Å². The topological polar surface area (TPSA) is 58.6 Å². The van der Waals surface area contributed by atoms with Crippen LogP contribution in [0.1, 0.15) is 46.5 Å². The lowest BCUT2D eigenvalue weighted by Gasteiger charge is -2.20. The van der Waals surface area contributed by atoms with Crippen LogP contribution in [0, 0.1) is 5.92 Å². The molecule has 0 bridgehead atoms. The number of hydrogen-bond donors (Lipinski definition) is 2. The van der Waals surface area contributed by atoms with Crippen LogP contribution in [0.5, 0.6) is 0 Å². The molecule has 0 amide bonds. The molecule has 2 N–H and O–H groups in total. The lowest BCUT2D eigenvalue weighted by Crippen LogP contribution is -2.40. The first-order valence-corrected chi connectivity index (χ1v) is 6.70. The van der Waals surface area contributed by atoms with E-state index in [2.05, 4.69) is 12.2 Å². The summed E-state index contributed by atoms with van der Waals surface area (Å²) in [5, 5.41) is 12.2. The number of nitrogens with one attached hydrogen (secondary N) is 1. The van der Waals surface area contributed by atoms with Crippen LogP contribution in [0.4, 0.5) is 0 Å². The van der Waals surface area contributed by atoms with Crippen LogP contribution in [-0.4, -0.2) is 36.9 Å². The van der Waals surface area contributed by atoms with Crippen molar-refractivity contribution in [2.24, 2.45) is 5.92 Å². The number of carbonyl (C=O) groups is 1. The van der Waals surface area contributed by atoms with E-state index in [1.807, 2.05) is 13.8 Å². The van der Waals surface area contributed by atoms with Gasteiger partial charge in [0.05, 0.1) is 6.61 Å². The molecule has 0 aromatic heterocycles. The summed E-state index contributed by atoms with van der Waals surface area (Å²) in [5.74, 6) is 0.266. The molecule has 0 rings (SSSR count). The van der Waals surface area contributed by atoms with Gasteiger partial charge >= 0.3 is 5.97 Å². The number of aliphatic hydroxyl groups is 1. The number of ether oxygens (including phenoxy) is 1. The van der Waals surface area contributed by atoms with Gasteiger partial charge in [-0.05, 0) is 38.6 Å². The molecule has 0 aliphatic rings. The second-order valence-electron chi connectivity index (χ2n) is 4.29. The molecular weight excluding hydrogens is 218 g/mol. The van der Waals surface area contributed by atoms with Crippen LogP contribution < -0.4 is 5.32 Å². The Hall–Kier alpha value is -0.610. The fourth-order valence-corrected chi connectivity index (χ4v) is 1.89. The Kier molecular flexibility index (Phi) is 10.2. The van der Waals surface area contributed by atoms with E-state index in [0.29, 0.717) is 12.5 Å². The molecule has 0 aliphatic carbocycles. The van der Waals surface area contributed by atoms with Crippen molar-refractivity contribution >= 4 is 5.97 Å². The van der Waals surface area contributed by atoms with Crippen molar-refractivity contribution in [1.29, 1.82) is 0 Å². The lowest BCUT2D eigenvalue weighted by molar-refractivity contribution is -0.145. The molecular formula is C13H27NO3. The summed E-state index contributed by atoms with van der Waals surface area (Å²) >= 11 is 0. The number of rotatable bonds is 10. The minimum Gasteiger partial charge on any atom is -0.465 e. The summed E-state index contributed by atoms with van der Waals surface area (Å²) in [6.45, 7) is 7.32. The summed E-state index contributed by atoms with van der Waals surface area (Å²) in [5.41, 5.74) is 0. The van der Waals surface area contributed by atoms with Gasteiger partial charge in [0.25, 0.3) is 0 Å². The molecule has 2 atom stereocenters. The van der Waals surface area contributed by atoms with Gasteiger partial charge < -0.3 is 15.2 Å². The first-order valence-electron chi connectivity index (χ1n) is 6.70. The first kappa shape index (κ1) is 16.4. The number of aliphatic hydroxyl groups excluding tert-OH is 1. The van der Waals surface area contributed by atoms with Crippen molar-refractivity contribution in [2.75, 3.05) is 19.8 Å². The molecule has 4 nitrogen and oxygen atoms in total. The van der Waals surface area contributed by atoms with Crippen molar-refractivity contribution in [3.8, 4) is 0 Å². The van der Waals surface area contributed by atoms with Gasteiger partial charge in [-0.25, -0.2) is 0 Å². The van der Waals surface area contributed by atoms with E-state index >= 15 is 0 Å². The molecule has 0 saturated heterocycles. The molecule has 0 spiro atoms. The number of esters is 1. The standard InChI is InChI=1S/C13H27NO3/c1-4-7-11(8-9-15)10-14-12(5-2)13(16)17-6-3/h11-12,14-15H,4-10H2,1-3H3. The van der Waals surface area contributed by atoms with Crippen molar-refractivity contribution in [3.05, 3.63) is 0 Å². The normalized spacial score (nSPS) is 14.4. The maximum absolute atomic E-state index is 11.6. The monoisotopic (exact) mass is 245 g/mol. The SMILES string of the molecule is CCCC(CCO)CNC(CC)C(=O)OCC. The van der Waals surface area contributed by atoms with Gasteiger partial charge in [-0.2, -0.15) is 0 Å². The van der Waals surface area contributed by atoms with Gasteiger partial charge in [-0.15, -0.1) is 0 Å². The van der Waals surface area contributed by atoms with E-state index in [1.54, 1.807) is 0 Å². The molecule has 17 heavy (non-hydrogen) atoms. The van der Waals surface area contributed by atoms with Crippen LogP contribution in [-0.2, 0) is 9.53 Å². The van der Waals surface area contributed by atoms with Gasteiger partial charge in [0.1, 0.15) is 6.04 Å². The van der Waals surface area contributed by atoms with Crippen LogP contribution in [0.3, 0.4) is 0 Å². The third kappa shape index (κ3) is 7.34. The van der Waals surface area contributed by atoms with Gasteiger partial charge in [-0.3, -0.25) is 4.79 Å². The van der Waals surface area contributed by atoms with Gasteiger partial charge in [0, 0.05) is 6.61 Å². The minimum atomic E-state index is -0.215. The molecule has 102 valence electrons. The highest BCUT2D eigenvalue weighted by Gasteiger charge is 2.18. The summed E-state index contributed by atoms with van der Waals surface area (Å²) in [6, 6.07) is -0.215. The van der Waals surface area contributed by atoms with Gasteiger partial charge in [0.2, 0.25) is 0 Å². The predicted molar refractivity (Wildman–Crippen MR) is 68.8 cm³/mol. The Labute approximate surface area is 105 Å². The second kappa shape index (κ2) is 10.5. The largest absolute Gasteiger partial charge is 0.465 e. The van der Waals surface area contributed by atoms with Crippen molar-refractivity contribution in [1.82, 2.24) is 5.32 Å². The molecule has 0 saturated carbocycles. The average molecular weight is 245 g/mol. The minimum absolute atomic E-state index is 0.172. The summed E-state index contributed by atoms with van der Waals surface area (Å²) in [7, 11) is 0. The van der Waals surface area contributed by atoms with Gasteiger partial charge in [0.15, 0.2) is 0 Å². The zero-order valence-corrected chi connectivity index (χ0v) is 11.4. The second-order valence-corrected chi connectivity index (χ2v) is 4.29. The number of hydrogen-bond acceptors (Lipinski definition) is 4. The molecule has 2 unspecified atom stereocenters. The van der Waals surface area contributed by atoms with Crippen LogP contribution >= 0.6 is 0 Å². The third-order valence-corrected chi connectivity index (χ3v) is 2.87. The first-order chi connectivity index (χ1) is 8.19. The average Bonchev–Trinajstić information content (AvgIpc) is 2.30. The molecule has 0 heterocycles. The van der Waals surface area contributed by atoms with Crippen LogP contribution in [0.25, 0.3) is 0 Å². The fraction of sp³-hybridized carbons (Fsp3) is 0.923. The fourth-order valence-electron chi connectivity index (χ4n) is 1.89. The van der Waals surface area contributed by atoms with Gasteiger partial charge in [-0.1, -0.05) is 20.3 Å². The summed E-state index contributed by atoms with van der Waals surface area (Å²) in [4.78, 5) is 11.6. The Morgan fingerprint density at radius 2 is 2.00 bits per heavy atom. The van der Waals surface area contributed by atoms with Crippen molar-refractivity contribution in [3.63, 3.8) is 0 Å². The Morgan fingerprint density at radius 3 is 2.47 bits per heavy atom. The van der Waals surface area contributed by atoms with Crippen LogP contribution in [0.2, 0.25) is 0 Å². The zero-order chi connectivity index (χ0) is 13.1. The van der Waals surface area contributed by atoms with E-state index < -0.39 is 0 Å². The third-order valence-electron chi connectivity index (χ3n) is 2.87. The Morgan fingerprint density at radius 1 is 1.29 bits per heavy atom. The molecule has 0 aromatic rings. The Bertz CT molecular complexity index is 191. The lowest BCUT2D eigenvalue weighted by atomic mass is 9.99. The highest BCUT2D eigenvalue weighted by Crippen LogP contribution is 2.10. The molecule has 0 radical (unpaired) electrons. The van der Waals surface area contributed by atoms with E-state index in [4.69, 9.17) is 9.84 Å². The van der Waals surface area contributed by atoms with Crippen LogP contribution in [0.15, 0.2) is 0 Å². The Balaban J connectivity index is 4.04. The molecule has 4 heteroatoms. The maximum Gasteiger partial charge on any atom is 0.323 e. The predicted octanol–water partition coefficient (Wildman–Crippen LogP) is 1.72. The van der Waals surface area contributed by atoms with E-state index in [1.165, 1.54) is 0 Å². The zero-order valence-electron chi connectivity index (χ0n) is 11.4. The van der Waals surface area contributed by atoms with Crippen molar-refractivity contribution in [2.45, 2.75) is 52.5 Å². The summed E-state index contributed by atoms with van der Waals surface area (Å²) in [6.07, 6.45) is 3.70. The highest BCUT2D eigenvalue weighted by molar-refractivity contribution is 5.75. The highest BCUT2D eigenvalue weighted by atomic mass is 16.5. The quantitative estimate of drug-likeness (QED) is 0.575. The molecule has 0 fully saturated rings. The van der Waals surface area contributed by atoms with E-state index in [0.717, 1.165) is 32.2 Å². The summed E-state index contributed by atoms with van der Waals surface area (Å²) < 4.78 is 5.00. The smallest absolute Gasteiger partial charge is 0.323 e. The number of carbonyl (C=O) groups excluding carboxylic acids is 1. The maximum atomic E-state index is 11.6. The molecule has 0 aromatic carbocycles. The molecule has 0 aliphatic heterocycles.